The van der Waals surface area contributed by atoms with Gasteiger partial charge in [0.2, 0.25) is 0 Å². The third-order valence-electron chi connectivity index (χ3n) is 8.12. The summed E-state index contributed by atoms with van der Waals surface area (Å²) in [6.07, 6.45) is 26.0. The molecule has 0 amide bonds. The SMILES string of the molecule is CC(C)CCCCCCCCCC(CCCCCCCCCC(C)C)(CCCCCCC(=O)O)C(=O)O. The predicted molar refractivity (Wildman–Crippen MR) is 158 cm³/mol. The van der Waals surface area contributed by atoms with Crippen LogP contribution in [0.15, 0.2) is 0 Å². The molecule has 0 aromatic rings. The molecule has 2 N–H and O–H groups in total. The maximum absolute atomic E-state index is 12.5. The summed E-state index contributed by atoms with van der Waals surface area (Å²) in [5.74, 6) is 0.271. The van der Waals surface area contributed by atoms with E-state index in [4.69, 9.17) is 5.11 Å². The van der Waals surface area contributed by atoms with Gasteiger partial charge in [0.25, 0.3) is 0 Å². The second-order valence-corrected chi connectivity index (χ2v) is 12.7. The number of aliphatic carboxylic acids is 2. The van der Waals surface area contributed by atoms with E-state index in [9.17, 15) is 14.7 Å². The molecule has 0 aliphatic heterocycles. The summed E-state index contributed by atoms with van der Waals surface area (Å²) < 4.78 is 0. The second kappa shape index (κ2) is 24.0. The molecular formula is C33H64O4. The number of carboxylic acid groups (broad SMARTS) is 2. The third kappa shape index (κ3) is 22.6. The molecule has 0 fully saturated rings. The highest BCUT2D eigenvalue weighted by molar-refractivity contribution is 5.74. The van der Waals surface area contributed by atoms with Crippen molar-refractivity contribution in [2.75, 3.05) is 0 Å². The molecule has 0 aromatic carbocycles. The molecule has 0 atom stereocenters. The smallest absolute Gasteiger partial charge is 0.309 e. The first-order valence-corrected chi connectivity index (χ1v) is 16.1. The molecule has 37 heavy (non-hydrogen) atoms. The van der Waals surface area contributed by atoms with Crippen molar-refractivity contribution in [1.82, 2.24) is 0 Å². The Hall–Kier alpha value is -1.06. The van der Waals surface area contributed by atoms with E-state index in [0.29, 0.717) is 6.42 Å². The molecule has 0 rings (SSSR count). The van der Waals surface area contributed by atoms with E-state index in [1.165, 1.54) is 77.0 Å². The van der Waals surface area contributed by atoms with Gasteiger partial charge in [-0.1, -0.05) is 150 Å². The van der Waals surface area contributed by atoms with Crippen molar-refractivity contribution in [3.63, 3.8) is 0 Å². The number of unbranched alkanes of at least 4 members (excludes halogenated alkanes) is 15. The lowest BCUT2D eigenvalue weighted by Crippen LogP contribution is -2.31. The Morgan fingerprint density at radius 1 is 0.486 bits per heavy atom. The lowest BCUT2D eigenvalue weighted by atomic mass is 9.74. The molecule has 0 saturated heterocycles. The minimum absolute atomic E-state index is 0.221. The monoisotopic (exact) mass is 524 g/mol. The quantitative estimate of drug-likeness (QED) is 0.0998. The van der Waals surface area contributed by atoms with E-state index in [0.717, 1.165) is 76.0 Å². The van der Waals surface area contributed by atoms with Crippen LogP contribution < -0.4 is 0 Å². The summed E-state index contributed by atoms with van der Waals surface area (Å²) in [5, 5.41) is 19.2. The summed E-state index contributed by atoms with van der Waals surface area (Å²) in [7, 11) is 0. The molecule has 0 saturated carbocycles. The van der Waals surface area contributed by atoms with Crippen LogP contribution in [0.25, 0.3) is 0 Å². The van der Waals surface area contributed by atoms with Gasteiger partial charge in [0.1, 0.15) is 0 Å². The number of rotatable bonds is 28. The van der Waals surface area contributed by atoms with Gasteiger partial charge in [0, 0.05) is 6.42 Å². The highest BCUT2D eigenvalue weighted by atomic mass is 16.4. The van der Waals surface area contributed by atoms with Crippen LogP contribution in [-0.2, 0) is 9.59 Å². The van der Waals surface area contributed by atoms with Gasteiger partial charge in [-0.05, 0) is 37.5 Å². The van der Waals surface area contributed by atoms with Crippen LogP contribution in [0, 0.1) is 17.3 Å². The number of carbonyl (C=O) groups is 2. The highest BCUT2D eigenvalue weighted by Crippen LogP contribution is 2.38. The zero-order valence-electron chi connectivity index (χ0n) is 25.3. The van der Waals surface area contributed by atoms with E-state index in [-0.39, 0.29) is 6.42 Å². The Labute approximate surface area is 230 Å². The molecule has 0 spiro atoms. The Kier molecular flexibility index (Phi) is 23.3. The van der Waals surface area contributed by atoms with Gasteiger partial charge in [-0.3, -0.25) is 9.59 Å². The molecular weight excluding hydrogens is 460 g/mol. The molecule has 0 bridgehead atoms. The number of hydrogen-bond donors (Lipinski definition) is 2. The standard InChI is InChI=1S/C33H64O4/c1-29(2)23-17-11-7-5-9-14-20-26-33(32(36)37,28-22-16-13-19-25-31(34)35)27-21-15-10-6-8-12-18-24-30(3)4/h29-30H,5-28H2,1-4H3,(H,34,35)(H,36,37). The van der Waals surface area contributed by atoms with Crippen LogP contribution in [0.1, 0.15) is 182 Å². The summed E-state index contributed by atoms with van der Waals surface area (Å²) in [4.78, 5) is 23.3. The Bertz CT molecular complexity index is 514. The lowest BCUT2D eigenvalue weighted by Gasteiger charge is -2.30. The lowest BCUT2D eigenvalue weighted by molar-refractivity contribution is -0.150. The first-order valence-electron chi connectivity index (χ1n) is 16.1. The average molecular weight is 525 g/mol. The molecule has 0 unspecified atom stereocenters. The van der Waals surface area contributed by atoms with Crippen molar-refractivity contribution < 1.29 is 19.8 Å². The van der Waals surface area contributed by atoms with Crippen LogP contribution in [0.4, 0.5) is 0 Å². The van der Waals surface area contributed by atoms with Crippen molar-refractivity contribution >= 4 is 11.9 Å². The molecule has 0 aromatic heterocycles. The zero-order valence-corrected chi connectivity index (χ0v) is 25.3. The summed E-state index contributed by atoms with van der Waals surface area (Å²) in [6.45, 7) is 9.17. The normalized spacial score (nSPS) is 12.1. The fraction of sp³-hybridized carbons (Fsp3) is 0.939. The van der Waals surface area contributed by atoms with Gasteiger partial charge in [0.15, 0.2) is 0 Å². The average Bonchev–Trinajstić information content (AvgIpc) is 2.82. The van der Waals surface area contributed by atoms with Crippen LogP contribution in [0.5, 0.6) is 0 Å². The minimum atomic E-state index is -0.736. The molecule has 4 heteroatoms. The molecule has 0 aliphatic carbocycles. The Morgan fingerprint density at radius 3 is 1.08 bits per heavy atom. The molecule has 0 aliphatic rings. The van der Waals surface area contributed by atoms with E-state index < -0.39 is 17.4 Å². The van der Waals surface area contributed by atoms with E-state index in [1.54, 1.807) is 0 Å². The third-order valence-corrected chi connectivity index (χ3v) is 8.12. The highest BCUT2D eigenvalue weighted by Gasteiger charge is 2.36. The number of carboxylic acids is 2. The molecule has 0 radical (unpaired) electrons. The van der Waals surface area contributed by atoms with Crippen LogP contribution in [-0.4, -0.2) is 22.2 Å². The van der Waals surface area contributed by atoms with Crippen molar-refractivity contribution in [2.24, 2.45) is 17.3 Å². The fourth-order valence-electron chi connectivity index (χ4n) is 5.59. The largest absolute Gasteiger partial charge is 0.481 e. The van der Waals surface area contributed by atoms with Crippen molar-refractivity contribution in [1.29, 1.82) is 0 Å². The van der Waals surface area contributed by atoms with Gasteiger partial charge in [0.05, 0.1) is 5.41 Å². The van der Waals surface area contributed by atoms with Crippen molar-refractivity contribution in [3.05, 3.63) is 0 Å². The van der Waals surface area contributed by atoms with E-state index in [2.05, 4.69) is 27.7 Å². The predicted octanol–water partition coefficient (Wildman–Crippen LogP) is 10.8. The maximum Gasteiger partial charge on any atom is 0.309 e. The van der Waals surface area contributed by atoms with Crippen LogP contribution >= 0.6 is 0 Å². The summed E-state index contributed by atoms with van der Waals surface area (Å²) >= 11 is 0. The van der Waals surface area contributed by atoms with Gasteiger partial charge in [-0.25, -0.2) is 0 Å². The van der Waals surface area contributed by atoms with Gasteiger partial charge in [-0.15, -0.1) is 0 Å². The molecule has 220 valence electrons. The van der Waals surface area contributed by atoms with Crippen molar-refractivity contribution in [2.45, 2.75) is 182 Å². The Morgan fingerprint density at radius 2 is 0.784 bits per heavy atom. The number of hydrogen-bond acceptors (Lipinski definition) is 2. The fourth-order valence-corrected chi connectivity index (χ4v) is 5.59. The topological polar surface area (TPSA) is 74.6 Å². The van der Waals surface area contributed by atoms with Gasteiger partial charge >= 0.3 is 11.9 Å². The first kappa shape index (κ1) is 35.9. The van der Waals surface area contributed by atoms with E-state index in [1.807, 2.05) is 0 Å². The second-order valence-electron chi connectivity index (χ2n) is 12.7. The van der Waals surface area contributed by atoms with E-state index >= 15 is 0 Å². The zero-order chi connectivity index (χ0) is 27.8. The van der Waals surface area contributed by atoms with Crippen LogP contribution in [0.2, 0.25) is 0 Å². The summed E-state index contributed by atoms with van der Waals surface area (Å²) in [6, 6.07) is 0. The maximum atomic E-state index is 12.5. The van der Waals surface area contributed by atoms with Gasteiger partial charge < -0.3 is 10.2 Å². The minimum Gasteiger partial charge on any atom is -0.481 e. The van der Waals surface area contributed by atoms with Crippen molar-refractivity contribution in [3.8, 4) is 0 Å². The summed E-state index contributed by atoms with van der Waals surface area (Å²) in [5.41, 5.74) is -0.582. The molecule has 0 heterocycles. The van der Waals surface area contributed by atoms with Gasteiger partial charge in [-0.2, -0.15) is 0 Å². The Balaban J connectivity index is 4.45. The molecule has 4 nitrogen and oxygen atoms in total. The first-order chi connectivity index (χ1) is 17.7. The van der Waals surface area contributed by atoms with Crippen LogP contribution in [0.3, 0.4) is 0 Å².